The summed E-state index contributed by atoms with van der Waals surface area (Å²) in [5, 5.41) is 15.1. The van der Waals surface area contributed by atoms with E-state index in [4.69, 9.17) is 10.1 Å². The summed E-state index contributed by atoms with van der Waals surface area (Å²) < 4.78 is 2.01. The highest BCUT2D eigenvalue weighted by atomic mass is 16.2. The molecule has 2 aromatic heterocycles. The Balaban J connectivity index is 1.42. The molecule has 3 atom stereocenters. The number of nitrogens with one attached hydrogen (secondary N) is 3. The van der Waals surface area contributed by atoms with E-state index < -0.39 is 0 Å². The topological polar surface area (TPSA) is 87.1 Å². The average Bonchev–Trinajstić information content (AvgIpc) is 3.74. The van der Waals surface area contributed by atoms with Crippen LogP contribution in [-0.2, 0) is 4.79 Å². The van der Waals surface area contributed by atoms with Gasteiger partial charge in [0, 0.05) is 48.1 Å². The second kappa shape index (κ2) is 6.84. The van der Waals surface area contributed by atoms with E-state index in [0.717, 1.165) is 53.1 Å². The van der Waals surface area contributed by atoms with Gasteiger partial charge < -0.3 is 5.32 Å². The molecule has 2 saturated carbocycles. The van der Waals surface area contributed by atoms with E-state index in [2.05, 4.69) is 34.3 Å². The van der Waals surface area contributed by atoms with Crippen LogP contribution in [0, 0.1) is 0 Å². The summed E-state index contributed by atoms with van der Waals surface area (Å²) in [5.41, 5.74) is 8.58. The van der Waals surface area contributed by atoms with Crippen LogP contribution in [0.3, 0.4) is 0 Å². The molecule has 8 nitrogen and oxygen atoms in total. The van der Waals surface area contributed by atoms with Gasteiger partial charge in [0.1, 0.15) is 12.2 Å². The number of fused-ring (bicyclic) bond motifs is 2. The summed E-state index contributed by atoms with van der Waals surface area (Å²) in [6, 6.07) is 12.4. The SMILES string of the molecule is CN1NCC2NC(c3cc(C4CC4)nc4c3c(C3CC3)nn4-c3ccccc3)NC(=O)C21. The number of hydrogen-bond acceptors (Lipinski definition) is 6. The van der Waals surface area contributed by atoms with E-state index >= 15 is 0 Å². The van der Waals surface area contributed by atoms with Crippen LogP contribution in [0.5, 0.6) is 0 Å². The number of aromatic nitrogens is 3. The molecule has 0 spiro atoms. The predicted molar refractivity (Wildman–Crippen MR) is 120 cm³/mol. The minimum Gasteiger partial charge on any atom is -0.335 e. The number of para-hydroxylation sites is 1. The Labute approximate surface area is 186 Å². The summed E-state index contributed by atoms with van der Waals surface area (Å²) in [7, 11) is 1.93. The monoisotopic (exact) mass is 429 g/mol. The van der Waals surface area contributed by atoms with Gasteiger partial charge in [-0.25, -0.2) is 14.7 Å². The first kappa shape index (κ1) is 18.7. The molecule has 2 aliphatic heterocycles. The van der Waals surface area contributed by atoms with Crippen molar-refractivity contribution in [1.82, 2.24) is 35.8 Å². The molecule has 0 radical (unpaired) electrons. The van der Waals surface area contributed by atoms with E-state index in [1.807, 2.05) is 34.9 Å². The Morgan fingerprint density at radius 3 is 2.59 bits per heavy atom. The zero-order valence-electron chi connectivity index (χ0n) is 18.1. The van der Waals surface area contributed by atoms with Crippen molar-refractivity contribution < 1.29 is 4.79 Å². The lowest BCUT2D eigenvalue weighted by molar-refractivity contribution is -0.129. The third kappa shape index (κ3) is 2.90. The third-order valence-electron chi connectivity index (χ3n) is 7.28. The van der Waals surface area contributed by atoms with Crippen molar-refractivity contribution in [2.75, 3.05) is 13.6 Å². The standard InChI is InChI=1S/C24H27N7O/c1-30-21-18(12-25-30)26-22(28-24(21)32)16-11-17(13-7-8-13)27-23-19(16)20(14-9-10-14)29-31(23)15-5-3-2-4-6-15/h2-6,11,13-14,18,21-22,25-26H,7-10,12H2,1H3,(H,28,32). The van der Waals surface area contributed by atoms with E-state index in [1.54, 1.807) is 0 Å². The molecule has 8 heteroatoms. The number of benzene rings is 1. The normalized spacial score (nSPS) is 28.2. The Morgan fingerprint density at radius 2 is 1.84 bits per heavy atom. The second-order valence-electron chi connectivity index (χ2n) is 9.65. The lowest BCUT2D eigenvalue weighted by atomic mass is 9.98. The van der Waals surface area contributed by atoms with Gasteiger partial charge >= 0.3 is 0 Å². The molecule has 1 aromatic carbocycles. The maximum Gasteiger partial charge on any atom is 0.241 e. The minimum absolute atomic E-state index is 0.0626. The van der Waals surface area contributed by atoms with Gasteiger partial charge in [0.2, 0.25) is 5.91 Å². The molecule has 4 heterocycles. The van der Waals surface area contributed by atoms with Crippen LogP contribution < -0.4 is 16.1 Å². The fraction of sp³-hybridized carbons (Fsp3) is 0.458. The molecule has 3 aromatic rings. The number of carbonyl (C=O) groups excluding carboxylic acids is 1. The summed E-state index contributed by atoms with van der Waals surface area (Å²) in [6.07, 6.45) is 4.43. The average molecular weight is 430 g/mol. The molecule has 3 unspecified atom stereocenters. The van der Waals surface area contributed by atoms with Crippen LogP contribution in [0.2, 0.25) is 0 Å². The maximum atomic E-state index is 13.0. The molecular weight excluding hydrogens is 402 g/mol. The number of amides is 1. The lowest BCUT2D eigenvalue weighted by Gasteiger charge is -2.35. The number of nitrogens with zero attached hydrogens (tertiary/aromatic N) is 4. The summed E-state index contributed by atoms with van der Waals surface area (Å²) in [6.45, 7) is 0.744. The largest absolute Gasteiger partial charge is 0.335 e. The smallest absolute Gasteiger partial charge is 0.241 e. The van der Waals surface area contributed by atoms with Crippen molar-refractivity contribution in [3.63, 3.8) is 0 Å². The fourth-order valence-electron chi connectivity index (χ4n) is 5.28. The van der Waals surface area contributed by atoms with Crippen LogP contribution in [-0.4, -0.2) is 51.4 Å². The van der Waals surface area contributed by atoms with Crippen LogP contribution >= 0.6 is 0 Å². The van der Waals surface area contributed by atoms with E-state index in [0.29, 0.717) is 11.8 Å². The second-order valence-corrected chi connectivity index (χ2v) is 9.65. The Kier molecular flexibility index (Phi) is 4.01. The minimum atomic E-state index is -0.244. The van der Waals surface area contributed by atoms with E-state index in [-0.39, 0.29) is 24.2 Å². The molecule has 0 bridgehead atoms. The molecular formula is C24H27N7O. The zero-order chi connectivity index (χ0) is 21.4. The number of hydrogen-bond donors (Lipinski definition) is 3. The first-order valence-corrected chi connectivity index (χ1v) is 11.7. The van der Waals surface area contributed by atoms with Gasteiger partial charge in [-0.15, -0.1) is 0 Å². The lowest BCUT2D eigenvalue weighted by Crippen LogP contribution is -2.61. The fourth-order valence-corrected chi connectivity index (χ4v) is 5.28. The van der Waals surface area contributed by atoms with Crippen LogP contribution in [0.15, 0.2) is 36.4 Å². The first-order valence-electron chi connectivity index (χ1n) is 11.7. The maximum absolute atomic E-state index is 13.0. The Hall–Kier alpha value is -2.81. The summed E-state index contributed by atoms with van der Waals surface area (Å²) in [5.74, 6) is 1.04. The van der Waals surface area contributed by atoms with Gasteiger partial charge in [0.25, 0.3) is 0 Å². The third-order valence-corrected chi connectivity index (χ3v) is 7.28. The zero-order valence-corrected chi connectivity index (χ0v) is 18.1. The first-order chi connectivity index (χ1) is 15.7. The van der Waals surface area contributed by atoms with Gasteiger partial charge in [-0.2, -0.15) is 5.10 Å². The van der Waals surface area contributed by atoms with Crippen molar-refractivity contribution in [1.29, 1.82) is 0 Å². The number of carbonyl (C=O) groups is 1. The van der Waals surface area contributed by atoms with Crippen LogP contribution in [0.1, 0.15) is 60.6 Å². The molecule has 1 amide bonds. The highest BCUT2D eigenvalue weighted by Gasteiger charge is 2.44. The molecule has 4 fully saturated rings. The quantitative estimate of drug-likeness (QED) is 0.589. The van der Waals surface area contributed by atoms with Crippen molar-refractivity contribution in [3.05, 3.63) is 53.3 Å². The highest BCUT2D eigenvalue weighted by molar-refractivity contribution is 5.88. The van der Waals surface area contributed by atoms with Crippen molar-refractivity contribution in [2.24, 2.45) is 0 Å². The predicted octanol–water partition coefficient (Wildman–Crippen LogP) is 2.08. The van der Waals surface area contributed by atoms with Crippen molar-refractivity contribution >= 4 is 16.9 Å². The van der Waals surface area contributed by atoms with Crippen molar-refractivity contribution in [2.45, 2.75) is 55.8 Å². The van der Waals surface area contributed by atoms with Gasteiger partial charge in [0.05, 0.1) is 11.4 Å². The molecule has 164 valence electrons. The van der Waals surface area contributed by atoms with Gasteiger partial charge in [-0.3, -0.25) is 15.5 Å². The van der Waals surface area contributed by atoms with Gasteiger partial charge in [-0.1, -0.05) is 18.2 Å². The van der Waals surface area contributed by atoms with E-state index in [1.165, 1.54) is 12.8 Å². The van der Waals surface area contributed by atoms with Gasteiger partial charge in [-0.05, 0) is 43.9 Å². The molecule has 32 heavy (non-hydrogen) atoms. The molecule has 2 saturated heterocycles. The van der Waals surface area contributed by atoms with Gasteiger partial charge in [0.15, 0.2) is 5.65 Å². The number of rotatable bonds is 4. The highest BCUT2D eigenvalue weighted by Crippen LogP contribution is 2.46. The Morgan fingerprint density at radius 1 is 1.06 bits per heavy atom. The number of pyridine rings is 1. The van der Waals surface area contributed by atoms with Crippen LogP contribution in [0.25, 0.3) is 16.7 Å². The number of likely N-dealkylation sites (N-methyl/N-ethyl adjacent to an activating group) is 1. The summed E-state index contributed by atoms with van der Waals surface area (Å²) in [4.78, 5) is 18.2. The number of hydrazine groups is 1. The molecule has 4 aliphatic rings. The Bertz CT molecular complexity index is 1210. The summed E-state index contributed by atoms with van der Waals surface area (Å²) >= 11 is 0. The molecule has 3 N–H and O–H groups in total. The molecule has 2 aliphatic carbocycles. The van der Waals surface area contributed by atoms with Crippen LogP contribution in [0.4, 0.5) is 0 Å². The van der Waals surface area contributed by atoms with Crippen molar-refractivity contribution in [3.8, 4) is 5.69 Å². The molecule has 7 rings (SSSR count). The van der Waals surface area contributed by atoms with E-state index in [9.17, 15) is 4.79 Å².